The van der Waals surface area contributed by atoms with Gasteiger partial charge in [-0.2, -0.15) is 0 Å². The monoisotopic (exact) mass is 463 g/mol. The highest BCUT2D eigenvalue weighted by Gasteiger charge is 2.51. The number of nitrogens with two attached hydrogens (primary N) is 1. The molecule has 4 fully saturated rings. The molecule has 3 nitrogen and oxygen atoms in total. The molecule has 0 saturated heterocycles. The number of aryl methyl sites for hydroxylation is 2. The van der Waals surface area contributed by atoms with Crippen LogP contribution < -0.4 is 5.73 Å². The molecule has 4 aliphatic rings. The van der Waals surface area contributed by atoms with Crippen LogP contribution in [0.15, 0.2) is 48.5 Å². The van der Waals surface area contributed by atoms with Crippen molar-refractivity contribution in [2.24, 2.45) is 23.5 Å². The van der Waals surface area contributed by atoms with Crippen LogP contribution in [0.1, 0.15) is 68.2 Å². The Hall–Kier alpha value is -2.65. The highest BCUT2D eigenvalue weighted by molar-refractivity contribution is 5.99. The maximum atomic E-state index is 5.90. The van der Waals surface area contributed by atoms with Gasteiger partial charge in [0.2, 0.25) is 0 Å². The first-order valence-electron chi connectivity index (χ1n) is 13.8. The average Bonchev–Trinajstić information content (AvgIpc) is 3.20. The Morgan fingerprint density at radius 2 is 1.69 bits per heavy atom. The van der Waals surface area contributed by atoms with Crippen molar-refractivity contribution in [1.29, 1.82) is 0 Å². The van der Waals surface area contributed by atoms with Gasteiger partial charge < -0.3 is 10.7 Å². The number of hydrogen-bond acceptors (Lipinski definition) is 2. The quantitative estimate of drug-likeness (QED) is 0.292. The van der Waals surface area contributed by atoms with Gasteiger partial charge in [0.25, 0.3) is 0 Å². The molecule has 0 radical (unpaired) electrons. The molecule has 0 amide bonds. The van der Waals surface area contributed by atoms with Gasteiger partial charge in [-0.3, -0.25) is 4.98 Å². The van der Waals surface area contributed by atoms with Crippen molar-refractivity contribution < 1.29 is 0 Å². The first-order chi connectivity index (χ1) is 17.1. The zero-order valence-electron chi connectivity index (χ0n) is 20.9. The summed E-state index contributed by atoms with van der Waals surface area (Å²) in [5, 5.41) is 2.66. The highest BCUT2D eigenvalue weighted by atomic mass is 14.7. The molecule has 4 aromatic rings. The van der Waals surface area contributed by atoms with Crippen LogP contribution in [0.5, 0.6) is 0 Å². The van der Waals surface area contributed by atoms with E-state index in [9.17, 15) is 0 Å². The summed E-state index contributed by atoms with van der Waals surface area (Å²) in [6, 6.07) is 18.4. The molecule has 180 valence electrons. The van der Waals surface area contributed by atoms with Crippen molar-refractivity contribution in [2.45, 2.75) is 70.1 Å². The minimum absolute atomic E-state index is 0.426. The molecule has 8 rings (SSSR count). The van der Waals surface area contributed by atoms with Crippen LogP contribution in [0, 0.1) is 24.7 Å². The van der Waals surface area contributed by atoms with Crippen LogP contribution >= 0.6 is 0 Å². The molecular weight excluding hydrogens is 426 g/mol. The molecule has 2 aromatic heterocycles. The van der Waals surface area contributed by atoms with E-state index in [1.54, 1.807) is 5.56 Å². The summed E-state index contributed by atoms with van der Waals surface area (Å²) in [7, 11) is 0. The number of aromatic amines is 1. The average molecular weight is 464 g/mol. The molecule has 4 aliphatic carbocycles. The normalized spacial score (nSPS) is 27.3. The fourth-order valence-corrected chi connectivity index (χ4v) is 8.45. The van der Waals surface area contributed by atoms with Crippen LogP contribution in [0.4, 0.5) is 0 Å². The van der Waals surface area contributed by atoms with Gasteiger partial charge in [-0.25, -0.2) is 0 Å². The van der Waals surface area contributed by atoms with Gasteiger partial charge in [-0.05, 0) is 130 Å². The first kappa shape index (κ1) is 21.6. The van der Waals surface area contributed by atoms with E-state index in [0.717, 1.165) is 54.8 Å². The van der Waals surface area contributed by atoms with Crippen molar-refractivity contribution in [2.75, 3.05) is 6.54 Å². The molecule has 0 spiro atoms. The third-order valence-corrected chi connectivity index (χ3v) is 9.58. The van der Waals surface area contributed by atoms with Gasteiger partial charge in [0.15, 0.2) is 0 Å². The fourth-order valence-electron chi connectivity index (χ4n) is 8.45. The first-order valence-corrected chi connectivity index (χ1v) is 13.8. The molecule has 35 heavy (non-hydrogen) atoms. The second-order valence-electron chi connectivity index (χ2n) is 12.0. The summed E-state index contributed by atoms with van der Waals surface area (Å²) in [6.45, 7) is 2.83. The lowest BCUT2D eigenvalue weighted by atomic mass is 9.48. The molecule has 2 aromatic carbocycles. The number of benzene rings is 2. The predicted octanol–water partition coefficient (Wildman–Crippen LogP) is 7.44. The summed E-state index contributed by atoms with van der Waals surface area (Å²) < 4.78 is 0. The van der Waals surface area contributed by atoms with Gasteiger partial charge >= 0.3 is 0 Å². The molecule has 4 saturated carbocycles. The van der Waals surface area contributed by atoms with E-state index in [0.29, 0.717) is 5.41 Å². The summed E-state index contributed by atoms with van der Waals surface area (Å²) in [4.78, 5) is 8.67. The minimum Gasteiger partial charge on any atom is -0.354 e. The number of nitrogens with one attached hydrogen (secondary N) is 1. The predicted molar refractivity (Wildman–Crippen MR) is 146 cm³/mol. The summed E-state index contributed by atoms with van der Waals surface area (Å²) in [5.74, 6) is 2.90. The standard InChI is InChI=1S/C32H37N3/c1-20-8-10-25-26(6-4-7-29(25)34-20)31-27(5-2-3-12-33)28-16-24(9-11-30(28)35-31)32-17-21-13-22(18-32)15-23(14-21)19-32/h4,6-11,16,21-23,35H,2-3,5,12-15,17-19,33H2,1H3. The highest BCUT2D eigenvalue weighted by Crippen LogP contribution is 2.61. The second kappa shape index (κ2) is 8.20. The van der Waals surface area contributed by atoms with E-state index in [-0.39, 0.29) is 0 Å². The van der Waals surface area contributed by atoms with Crippen molar-refractivity contribution in [1.82, 2.24) is 9.97 Å². The van der Waals surface area contributed by atoms with Crippen LogP contribution in [0.25, 0.3) is 33.1 Å². The molecule has 2 heterocycles. The number of aromatic nitrogens is 2. The van der Waals surface area contributed by atoms with Crippen molar-refractivity contribution in [3.8, 4) is 11.3 Å². The number of fused-ring (bicyclic) bond motifs is 2. The molecule has 3 N–H and O–H groups in total. The number of nitrogens with zero attached hydrogens (tertiary/aromatic N) is 1. The lowest BCUT2D eigenvalue weighted by Gasteiger charge is -2.57. The smallest absolute Gasteiger partial charge is 0.0711 e. The second-order valence-corrected chi connectivity index (χ2v) is 12.0. The van der Waals surface area contributed by atoms with Gasteiger partial charge in [0, 0.05) is 27.5 Å². The fraction of sp³-hybridized carbons (Fsp3) is 0.469. The summed E-state index contributed by atoms with van der Waals surface area (Å²) in [5.41, 5.74) is 15.4. The number of unbranched alkanes of at least 4 members (excludes halogenated alkanes) is 1. The van der Waals surface area contributed by atoms with E-state index >= 15 is 0 Å². The molecule has 3 heteroatoms. The lowest BCUT2D eigenvalue weighted by Crippen LogP contribution is -2.48. The van der Waals surface area contributed by atoms with Gasteiger partial charge in [-0.1, -0.05) is 24.3 Å². The van der Waals surface area contributed by atoms with E-state index < -0.39 is 0 Å². The van der Waals surface area contributed by atoms with Crippen LogP contribution in [0.3, 0.4) is 0 Å². The molecule has 0 unspecified atom stereocenters. The maximum absolute atomic E-state index is 5.90. The van der Waals surface area contributed by atoms with Crippen LogP contribution in [0.2, 0.25) is 0 Å². The third kappa shape index (κ3) is 3.54. The van der Waals surface area contributed by atoms with E-state index in [1.165, 1.54) is 71.6 Å². The topological polar surface area (TPSA) is 54.7 Å². The lowest BCUT2D eigenvalue weighted by molar-refractivity contribution is -0.00513. The molecule has 4 bridgehead atoms. The molecule has 0 atom stereocenters. The Morgan fingerprint density at radius 1 is 0.914 bits per heavy atom. The minimum atomic E-state index is 0.426. The zero-order chi connectivity index (χ0) is 23.6. The van der Waals surface area contributed by atoms with E-state index in [1.807, 2.05) is 0 Å². The largest absolute Gasteiger partial charge is 0.354 e. The summed E-state index contributed by atoms with van der Waals surface area (Å²) in [6.07, 6.45) is 12.0. The molecular formula is C32H37N3. The Bertz CT molecular complexity index is 1380. The Balaban J connectivity index is 1.38. The van der Waals surface area contributed by atoms with Crippen LogP contribution in [-0.2, 0) is 11.8 Å². The third-order valence-electron chi connectivity index (χ3n) is 9.58. The Morgan fingerprint density at radius 3 is 2.43 bits per heavy atom. The van der Waals surface area contributed by atoms with Gasteiger partial charge in [0.1, 0.15) is 0 Å². The van der Waals surface area contributed by atoms with Gasteiger partial charge in [0.05, 0.1) is 11.2 Å². The van der Waals surface area contributed by atoms with E-state index in [2.05, 4.69) is 60.4 Å². The SMILES string of the molecule is Cc1ccc2c(-c3[nH]c4ccc(C56CC7CC(CC(C7)C5)C6)cc4c3CCCCN)cccc2n1. The van der Waals surface area contributed by atoms with Crippen molar-refractivity contribution >= 4 is 21.8 Å². The number of pyridine rings is 1. The van der Waals surface area contributed by atoms with Gasteiger partial charge in [-0.15, -0.1) is 0 Å². The Kier molecular flexibility index (Phi) is 5.06. The number of rotatable bonds is 6. The van der Waals surface area contributed by atoms with Crippen molar-refractivity contribution in [3.05, 3.63) is 65.4 Å². The summed E-state index contributed by atoms with van der Waals surface area (Å²) >= 11 is 0. The van der Waals surface area contributed by atoms with Crippen molar-refractivity contribution in [3.63, 3.8) is 0 Å². The zero-order valence-corrected chi connectivity index (χ0v) is 20.9. The van der Waals surface area contributed by atoms with E-state index in [4.69, 9.17) is 10.7 Å². The maximum Gasteiger partial charge on any atom is 0.0711 e. The van der Waals surface area contributed by atoms with Crippen LogP contribution in [-0.4, -0.2) is 16.5 Å². The number of H-pyrrole nitrogens is 1. The Labute approximate surface area is 208 Å². The molecule has 0 aliphatic heterocycles. The number of hydrogen-bond donors (Lipinski definition) is 2.